The lowest BCUT2D eigenvalue weighted by molar-refractivity contribution is 0.292. The second-order valence-electron chi connectivity index (χ2n) is 8.07. The fraction of sp³-hybridized carbons (Fsp3) is 0.304. The van der Waals surface area contributed by atoms with Crippen LogP contribution in [0.1, 0.15) is 17.7 Å². The van der Waals surface area contributed by atoms with Gasteiger partial charge < -0.3 is 10.2 Å². The minimum atomic E-state index is 0.389. The third kappa shape index (κ3) is 3.36. The molecule has 2 aromatic heterocycles. The Labute approximate surface area is 176 Å². The molecule has 2 aliphatic rings. The smallest absolute Gasteiger partial charge is 0.227 e. The molecular weight excluding hydrogens is 374 g/mol. The summed E-state index contributed by atoms with van der Waals surface area (Å²) in [6.45, 7) is 4.42. The van der Waals surface area contributed by atoms with Crippen LogP contribution >= 0.6 is 0 Å². The van der Waals surface area contributed by atoms with Crippen molar-refractivity contribution < 1.29 is 0 Å². The predicted octanol–water partition coefficient (Wildman–Crippen LogP) is 3.36. The van der Waals surface area contributed by atoms with Gasteiger partial charge >= 0.3 is 0 Å². The highest BCUT2D eigenvalue weighted by Gasteiger charge is 2.41. The maximum Gasteiger partial charge on any atom is 0.227 e. The third-order valence-corrected chi connectivity index (χ3v) is 6.11. The van der Waals surface area contributed by atoms with E-state index in [1.807, 2.05) is 18.2 Å². The van der Waals surface area contributed by atoms with Crippen molar-refractivity contribution in [1.82, 2.24) is 19.9 Å². The molecule has 0 unspecified atom stereocenters. The molecule has 1 aromatic carbocycles. The van der Waals surface area contributed by atoms with Crippen LogP contribution < -0.4 is 10.2 Å². The summed E-state index contributed by atoms with van der Waals surface area (Å²) in [6, 6.07) is 15.2. The van der Waals surface area contributed by atoms with Crippen LogP contribution in [0.2, 0.25) is 0 Å². The Morgan fingerprint density at radius 3 is 2.67 bits per heavy atom. The lowest BCUT2D eigenvalue weighted by Gasteiger charge is -2.34. The zero-order chi connectivity index (χ0) is 20.7. The maximum atomic E-state index is 8.91. The molecule has 7 heteroatoms. The molecule has 3 aromatic rings. The highest BCUT2D eigenvalue weighted by atomic mass is 15.3. The standard InChI is InChI=1S/C23H23N7/c1-15-9-17(5-6-22(15)30-14-19-10-20(30)13-29(19)2)27-23-25-8-7-21(28-23)16-3-4-18(11-24)26-12-16/h3-9,12,19-20H,10,13-14H2,1-2H3,(H,25,27,28)/t19-,20-/m0/s1. The minimum Gasteiger partial charge on any atom is -0.365 e. The summed E-state index contributed by atoms with van der Waals surface area (Å²) in [6.07, 6.45) is 4.65. The number of piperazine rings is 1. The van der Waals surface area contributed by atoms with Gasteiger partial charge in [0.05, 0.1) is 5.69 Å². The molecule has 2 saturated heterocycles. The first-order valence-electron chi connectivity index (χ1n) is 10.1. The second kappa shape index (κ2) is 7.39. The molecule has 7 nitrogen and oxygen atoms in total. The molecular formula is C23H23N7. The van der Waals surface area contributed by atoms with E-state index in [1.165, 1.54) is 17.7 Å². The van der Waals surface area contributed by atoms with Crippen molar-refractivity contribution in [2.75, 3.05) is 30.4 Å². The Morgan fingerprint density at radius 2 is 2.00 bits per heavy atom. The van der Waals surface area contributed by atoms with E-state index in [-0.39, 0.29) is 0 Å². The number of likely N-dealkylation sites (N-methyl/N-ethyl adjacent to an activating group) is 1. The maximum absolute atomic E-state index is 8.91. The summed E-state index contributed by atoms with van der Waals surface area (Å²) < 4.78 is 0. The van der Waals surface area contributed by atoms with Crippen LogP contribution in [0.5, 0.6) is 0 Å². The van der Waals surface area contributed by atoms with Crippen LogP contribution in [0.4, 0.5) is 17.3 Å². The van der Waals surface area contributed by atoms with Gasteiger partial charge in [-0.1, -0.05) is 0 Å². The van der Waals surface area contributed by atoms with Crippen molar-refractivity contribution in [3.63, 3.8) is 0 Å². The van der Waals surface area contributed by atoms with Crippen molar-refractivity contribution in [3.05, 3.63) is 60.0 Å². The van der Waals surface area contributed by atoms with Crippen LogP contribution in [0.25, 0.3) is 11.3 Å². The Bertz CT molecular complexity index is 1120. The normalized spacial score (nSPS) is 20.4. The largest absolute Gasteiger partial charge is 0.365 e. The molecule has 4 heterocycles. The highest BCUT2D eigenvalue weighted by molar-refractivity contribution is 5.66. The minimum absolute atomic E-state index is 0.389. The average Bonchev–Trinajstić information content (AvgIpc) is 3.34. The van der Waals surface area contributed by atoms with E-state index in [9.17, 15) is 0 Å². The Kier molecular flexibility index (Phi) is 4.57. The van der Waals surface area contributed by atoms with Crippen molar-refractivity contribution in [1.29, 1.82) is 5.26 Å². The first-order valence-corrected chi connectivity index (χ1v) is 10.1. The number of benzene rings is 1. The number of anilines is 3. The Balaban J connectivity index is 1.34. The van der Waals surface area contributed by atoms with Crippen LogP contribution in [-0.2, 0) is 0 Å². The number of hydrogen-bond acceptors (Lipinski definition) is 7. The van der Waals surface area contributed by atoms with Gasteiger partial charge in [0, 0.05) is 54.5 Å². The van der Waals surface area contributed by atoms with Gasteiger partial charge in [-0.3, -0.25) is 4.90 Å². The predicted molar refractivity (Wildman–Crippen MR) is 117 cm³/mol. The summed E-state index contributed by atoms with van der Waals surface area (Å²) >= 11 is 0. The molecule has 0 saturated carbocycles. The first-order chi connectivity index (χ1) is 14.6. The number of likely N-dealkylation sites (tertiary alicyclic amines) is 1. The number of nitrogens with zero attached hydrogens (tertiary/aromatic N) is 6. The summed E-state index contributed by atoms with van der Waals surface area (Å²) in [7, 11) is 2.23. The van der Waals surface area contributed by atoms with E-state index in [0.29, 0.717) is 23.7 Å². The summed E-state index contributed by atoms with van der Waals surface area (Å²) in [4.78, 5) is 18.1. The number of nitrogens with one attached hydrogen (secondary N) is 1. The third-order valence-electron chi connectivity index (χ3n) is 6.11. The highest BCUT2D eigenvalue weighted by Crippen LogP contribution is 2.36. The fourth-order valence-electron chi connectivity index (χ4n) is 4.54. The molecule has 2 aliphatic heterocycles. The van der Waals surface area contributed by atoms with Gasteiger partial charge in [0.25, 0.3) is 0 Å². The zero-order valence-corrected chi connectivity index (χ0v) is 17.1. The second-order valence-corrected chi connectivity index (χ2v) is 8.07. The monoisotopic (exact) mass is 397 g/mol. The van der Waals surface area contributed by atoms with Gasteiger partial charge in [-0.25, -0.2) is 15.0 Å². The number of nitriles is 1. The van der Waals surface area contributed by atoms with Crippen LogP contribution in [-0.4, -0.2) is 52.1 Å². The van der Waals surface area contributed by atoms with E-state index in [0.717, 1.165) is 30.0 Å². The first kappa shape index (κ1) is 18.5. The van der Waals surface area contributed by atoms with E-state index in [1.54, 1.807) is 18.5 Å². The molecule has 0 radical (unpaired) electrons. The lowest BCUT2D eigenvalue weighted by Crippen LogP contribution is -2.44. The molecule has 150 valence electrons. The molecule has 2 atom stereocenters. The summed E-state index contributed by atoms with van der Waals surface area (Å²) in [5.41, 5.74) is 5.53. The topological polar surface area (TPSA) is 81.0 Å². The number of fused-ring (bicyclic) bond motifs is 2. The number of aryl methyl sites for hydroxylation is 1. The summed E-state index contributed by atoms with van der Waals surface area (Å²) in [5.74, 6) is 0.533. The van der Waals surface area contributed by atoms with E-state index in [2.05, 4.69) is 62.2 Å². The molecule has 1 N–H and O–H groups in total. The van der Waals surface area contributed by atoms with Crippen molar-refractivity contribution in [2.24, 2.45) is 0 Å². The molecule has 0 spiro atoms. The number of rotatable bonds is 4. The summed E-state index contributed by atoms with van der Waals surface area (Å²) in [5, 5.41) is 12.2. The number of pyridine rings is 1. The molecule has 0 amide bonds. The van der Waals surface area contributed by atoms with Gasteiger partial charge in [-0.2, -0.15) is 5.26 Å². The van der Waals surface area contributed by atoms with E-state index >= 15 is 0 Å². The zero-order valence-electron chi connectivity index (χ0n) is 17.1. The van der Waals surface area contributed by atoms with Crippen LogP contribution in [0, 0.1) is 18.3 Å². The van der Waals surface area contributed by atoms with Gasteiger partial charge in [-0.15, -0.1) is 0 Å². The SMILES string of the molecule is Cc1cc(Nc2nccc(-c3ccc(C#N)nc3)n2)ccc1N1C[C@@H]2C[C@H]1CN2C. The van der Waals surface area contributed by atoms with Gasteiger partial charge in [0.15, 0.2) is 0 Å². The molecule has 2 fully saturated rings. The van der Waals surface area contributed by atoms with Crippen LogP contribution in [0.15, 0.2) is 48.8 Å². The van der Waals surface area contributed by atoms with E-state index < -0.39 is 0 Å². The average molecular weight is 397 g/mol. The molecule has 2 bridgehead atoms. The number of aromatic nitrogens is 3. The molecule has 5 rings (SSSR count). The van der Waals surface area contributed by atoms with E-state index in [4.69, 9.17) is 5.26 Å². The molecule has 0 aliphatic carbocycles. The Hall–Kier alpha value is -3.50. The lowest BCUT2D eigenvalue weighted by atomic mass is 10.1. The number of hydrogen-bond donors (Lipinski definition) is 1. The van der Waals surface area contributed by atoms with Crippen molar-refractivity contribution in [3.8, 4) is 17.3 Å². The van der Waals surface area contributed by atoms with Crippen molar-refractivity contribution in [2.45, 2.75) is 25.4 Å². The fourth-order valence-corrected chi connectivity index (χ4v) is 4.54. The van der Waals surface area contributed by atoms with Crippen molar-refractivity contribution >= 4 is 17.3 Å². The van der Waals surface area contributed by atoms with Gasteiger partial charge in [0.2, 0.25) is 5.95 Å². The van der Waals surface area contributed by atoms with Crippen LogP contribution in [0.3, 0.4) is 0 Å². The quantitative estimate of drug-likeness (QED) is 0.723. The van der Waals surface area contributed by atoms with Gasteiger partial charge in [0.1, 0.15) is 11.8 Å². The molecule has 30 heavy (non-hydrogen) atoms. The Morgan fingerprint density at radius 1 is 1.10 bits per heavy atom. The van der Waals surface area contributed by atoms with Gasteiger partial charge in [-0.05, 0) is 62.4 Å².